The SMILES string of the molecule is Cc1ccc(C(C)C)cc1OCC(=O)NCc1cccc(NC(=O)Cn2cccn2)c1. The van der Waals surface area contributed by atoms with E-state index in [2.05, 4.69) is 35.6 Å². The van der Waals surface area contributed by atoms with Gasteiger partial charge in [-0.1, -0.05) is 38.1 Å². The highest BCUT2D eigenvalue weighted by Crippen LogP contribution is 2.24. The van der Waals surface area contributed by atoms with Gasteiger partial charge in [0.1, 0.15) is 12.3 Å². The summed E-state index contributed by atoms with van der Waals surface area (Å²) in [5, 5.41) is 9.71. The predicted octanol–water partition coefficient (Wildman–Crippen LogP) is 3.65. The molecule has 0 aliphatic heterocycles. The Morgan fingerprint density at radius 2 is 1.94 bits per heavy atom. The van der Waals surface area contributed by atoms with Crippen LogP contribution in [0.15, 0.2) is 60.9 Å². The Hall–Kier alpha value is -3.61. The Balaban J connectivity index is 1.48. The zero-order valence-corrected chi connectivity index (χ0v) is 18.1. The number of aromatic nitrogens is 2. The van der Waals surface area contributed by atoms with Gasteiger partial charge < -0.3 is 15.4 Å². The monoisotopic (exact) mass is 420 g/mol. The van der Waals surface area contributed by atoms with Crippen LogP contribution in [0.25, 0.3) is 0 Å². The Morgan fingerprint density at radius 1 is 1.10 bits per heavy atom. The first kappa shape index (κ1) is 22.1. The topological polar surface area (TPSA) is 85.3 Å². The summed E-state index contributed by atoms with van der Waals surface area (Å²) in [6.07, 6.45) is 3.36. The van der Waals surface area contributed by atoms with Crippen molar-refractivity contribution >= 4 is 17.5 Å². The van der Waals surface area contributed by atoms with Gasteiger partial charge in [0, 0.05) is 24.6 Å². The second kappa shape index (κ2) is 10.4. The van der Waals surface area contributed by atoms with Crippen molar-refractivity contribution in [2.75, 3.05) is 11.9 Å². The second-order valence-electron chi connectivity index (χ2n) is 7.70. The minimum atomic E-state index is -0.206. The molecule has 0 saturated heterocycles. The first-order valence-corrected chi connectivity index (χ1v) is 10.3. The molecule has 2 aromatic carbocycles. The molecule has 0 fully saturated rings. The number of ether oxygens (including phenoxy) is 1. The molecule has 7 heteroatoms. The number of carbonyl (C=O) groups excluding carboxylic acids is 2. The zero-order valence-electron chi connectivity index (χ0n) is 18.1. The molecule has 0 bridgehead atoms. The Bertz CT molecular complexity index is 1030. The average molecular weight is 421 g/mol. The number of nitrogens with one attached hydrogen (secondary N) is 2. The molecule has 162 valence electrons. The van der Waals surface area contributed by atoms with Gasteiger partial charge in [-0.2, -0.15) is 5.10 Å². The molecule has 7 nitrogen and oxygen atoms in total. The number of hydrogen-bond donors (Lipinski definition) is 2. The van der Waals surface area contributed by atoms with Gasteiger partial charge in [0.2, 0.25) is 5.91 Å². The summed E-state index contributed by atoms with van der Waals surface area (Å²) in [6.45, 7) is 6.63. The number of anilines is 1. The smallest absolute Gasteiger partial charge is 0.258 e. The third-order valence-corrected chi connectivity index (χ3v) is 4.80. The molecule has 31 heavy (non-hydrogen) atoms. The van der Waals surface area contributed by atoms with Gasteiger partial charge in [0.25, 0.3) is 5.91 Å². The third kappa shape index (κ3) is 6.70. The van der Waals surface area contributed by atoms with E-state index in [0.717, 1.165) is 16.9 Å². The summed E-state index contributed by atoms with van der Waals surface area (Å²) >= 11 is 0. The number of benzene rings is 2. The normalized spacial score (nSPS) is 10.7. The molecule has 0 saturated carbocycles. The summed E-state index contributed by atoms with van der Waals surface area (Å²) in [6, 6.07) is 15.2. The number of amides is 2. The summed E-state index contributed by atoms with van der Waals surface area (Å²) in [4.78, 5) is 24.4. The number of hydrogen-bond acceptors (Lipinski definition) is 4. The summed E-state index contributed by atoms with van der Waals surface area (Å²) in [5.41, 5.74) is 3.72. The first-order chi connectivity index (χ1) is 14.9. The van der Waals surface area contributed by atoms with Gasteiger partial charge in [-0.05, 0) is 53.8 Å². The lowest BCUT2D eigenvalue weighted by atomic mass is 10.0. The molecule has 2 N–H and O–H groups in total. The van der Waals surface area contributed by atoms with Crippen molar-refractivity contribution in [3.05, 3.63) is 77.6 Å². The lowest BCUT2D eigenvalue weighted by Gasteiger charge is -2.13. The summed E-state index contributed by atoms with van der Waals surface area (Å²) in [7, 11) is 0. The van der Waals surface area contributed by atoms with E-state index in [1.807, 2.05) is 37.3 Å². The molecule has 3 rings (SSSR count). The van der Waals surface area contributed by atoms with Gasteiger partial charge in [0.05, 0.1) is 0 Å². The van der Waals surface area contributed by atoms with Crippen LogP contribution in [-0.4, -0.2) is 28.2 Å². The Kier molecular flexibility index (Phi) is 7.43. The largest absolute Gasteiger partial charge is 0.483 e. The van der Waals surface area contributed by atoms with Crippen molar-refractivity contribution in [2.45, 2.75) is 39.8 Å². The van der Waals surface area contributed by atoms with Crippen LogP contribution < -0.4 is 15.4 Å². The van der Waals surface area contributed by atoms with Gasteiger partial charge in [0.15, 0.2) is 6.61 Å². The van der Waals surface area contributed by atoms with Crippen molar-refractivity contribution in [2.24, 2.45) is 0 Å². The minimum Gasteiger partial charge on any atom is -0.483 e. The number of nitrogens with zero attached hydrogens (tertiary/aromatic N) is 2. The molecule has 0 radical (unpaired) electrons. The maximum Gasteiger partial charge on any atom is 0.258 e. The van der Waals surface area contributed by atoms with Crippen molar-refractivity contribution in [3.8, 4) is 5.75 Å². The lowest BCUT2D eigenvalue weighted by Crippen LogP contribution is -2.28. The fourth-order valence-corrected chi connectivity index (χ4v) is 3.03. The fourth-order valence-electron chi connectivity index (χ4n) is 3.03. The minimum absolute atomic E-state index is 0.0529. The van der Waals surface area contributed by atoms with E-state index in [0.29, 0.717) is 18.2 Å². The Morgan fingerprint density at radius 3 is 2.68 bits per heavy atom. The van der Waals surface area contributed by atoms with Crippen LogP contribution in [0.3, 0.4) is 0 Å². The van der Waals surface area contributed by atoms with Gasteiger partial charge >= 0.3 is 0 Å². The fraction of sp³-hybridized carbons (Fsp3) is 0.292. The lowest BCUT2D eigenvalue weighted by molar-refractivity contribution is -0.123. The molecule has 0 spiro atoms. The number of rotatable bonds is 9. The van der Waals surface area contributed by atoms with Gasteiger partial charge in [-0.3, -0.25) is 14.3 Å². The van der Waals surface area contributed by atoms with E-state index in [1.54, 1.807) is 29.2 Å². The summed E-state index contributed by atoms with van der Waals surface area (Å²) < 4.78 is 7.28. The number of carbonyl (C=O) groups is 2. The van der Waals surface area contributed by atoms with Crippen LogP contribution in [0.1, 0.15) is 36.5 Å². The standard InChI is InChI=1S/C24H28N4O3/c1-17(2)20-9-8-18(3)22(13-20)31-16-24(30)25-14-19-6-4-7-21(12-19)27-23(29)15-28-11-5-10-26-28/h4-13,17H,14-16H2,1-3H3,(H,25,30)(H,27,29). The van der Waals surface area contributed by atoms with E-state index in [-0.39, 0.29) is 25.0 Å². The molecule has 0 aliphatic rings. The van der Waals surface area contributed by atoms with Crippen LogP contribution >= 0.6 is 0 Å². The predicted molar refractivity (Wildman–Crippen MR) is 120 cm³/mol. The van der Waals surface area contributed by atoms with Gasteiger partial charge in [-0.15, -0.1) is 0 Å². The van der Waals surface area contributed by atoms with E-state index >= 15 is 0 Å². The molecular formula is C24H28N4O3. The van der Waals surface area contributed by atoms with E-state index in [1.165, 1.54) is 5.56 Å². The zero-order chi connectivity index (χ0) is 22.2. The Labute approximate surface area is 182 Å². The highest BCUT2D eigenvalue weighted by molar-refractivity contribution is 5.90. The molecule has 2 amide bonds. The highest BCUT2D eigenvalue weighted by Gasteiger charge is 2.09. The van der Waals surface area contributed by atoms with Crippen LogP contribution in [0.4, 0.5) is 5.69 Å². The number of aryl methyl sites for hydroxylation is 1. The molecule has 0 aliphatic carbocycles. The van der Waals surface area contributed by atoms with Crippen LogP contribution in [-0.2, 0) is 22.7 Å². The highest BCUT2D eigenvalue weighted by atomic mass is 16.5. The van der Waals surface area contributed by atoms with Crippen LogP contribution in [0, 0.1) is 6.92 Å². The maximum atomic E-state index is 12.2. The van der Waals surface area contributed by atoms with Crippen molar-refractivity contribution in [1.82, 2.24) is 15.1 Å². The maximum absolute atomic E-state index is 12.2. The van der Waals surface area contributed by atoms with Crippen molar-refractivity contribution in [1.29, 1.82) is 0 Å². The van der Waals surface area contributed by atoms with Crippen LogP contribution in [0.2, 0.25) is 0 Å². The van der Waals surface area contributed by atoms with Crippen molar-refractivity contribution < 1.29 is 14.3 Å². The second-order valence-corrected chi connectivity index (χ2v) is 7.70. The van der Waals surface area contributed by atoms with E-state index in [4.69, 9.17) is 4.74 Å². The molecule has 0 atom stereocenters. The van der Waals surface area contributed by atoms with E-state index in [9.17, 15) is 9.59 Å². The quantitative estimate of drug-likeness (QED) is 0.553. The average Bonchev–Trinajstić information content (AvgIpc) is 3.24. The van der Waals surface area contributed by atoms with Gasteiger partial charge in [-0.25, -0.2) is 0 Å². The summed E-state index contributed by atoms with van der Waals surface area (Å²) in [5.74, 6) is 0.743. The molecule has 1 aromatic heterocycles. The van der Waals surface area contributed by atoms with E-state index < -0.39 is 0 Å². The molecule has 1 heterocycles. The molecule has 3 aromatic rings. The first-order valence-electron chi connectivity index (χ1n) is 10.3. The van der Waals surface area contributed by atoms with Crippen LogP contribution in [0.5, 0.6) is 5.75 Å². The van der Waals surface area contributed by atoms with Crippen molar-refractivity contribution in [3.63, 3.8) is 0 Å². The molecular weight excluding hydrogens is 392 g/mol. The molecule has 0 unspecified atom stereocenters. The third-order valence-electron chi connectivity index (χ3n) is 4.80.